The van der Waals surface area contributed by atoms with Gasteiger partial charge in [-0.05, 0) is 25.8 Å². The van der Waals surface area contributed by atoms with E-state index in [-0.39, 0.29) is 18.6 Å². The number of ether oxygens (including phenoxy) is 1. The summed E-state index contributed by atoms with van der Waals surface area (Å²) in [5, 5.41) is 16.7. The van der Waals surface area contributed by atoms with E-state index < -0.39 is 41.3 Å². The Kier molecular flexibility index (Phi) is 4.26. The molecule has 4 heterocycles. The van der Waals surface area contributed by atoms with Gasteiger partial charge in [0.05, 0.1) is 41.3 Å². The van der Waals surface area contributed by atoms with E-state index in [0.29, 0.717) is 22.9 Å². The molecule has 9 heteroatoms. The summed E-state index contributed by atoms with van der Waals surface area (Å²) in [6.45, 7) is 2.35. The molecule has 1 aromatic rings. The number of amides is 3. The number of nitrogens with one attached hydrogen (secondary N) is 2. The van der Waals surface area contributed by atoms with Gasteiger partial charge in [0.2, 0.25) is 17.7 Å². The van der Waals surface area contributed by atoms with E-state index in [1.807, 2.05) is 0 Å². The Hall–Kier alpha value is -2.00. The zero-order chi connectivity index (χ0) is 20.5. The molecule has 154 valence electrons. The zero-order valence-corrected chi connectivity index (χ0v) is 16.6. The summed E-state index contributed by atoms with van der Waals surface area (Å²) in [6.07, 6.45) is 0.561. The third-order valence-electron chi connectivity index (χ3n) is 6.66. The standard InChI is InChI=1S/C20H22ClN3O5/c1-9(25)15-13-14(18(27)24(17(13)26)8-10-4-3-7-29-10)20(23-15)11-5-2-6-12(21)16(11)22-19(20)28/h2,5-6,9-10,13-15,23,25H,3-4,7-8H2,1H3,(H,22,28)/t9-,10+,13-,14-,15-,20-/m0/s1. The normalized spacial score (nSPS) is 36.7. The molecule has 3 fully saturated rings. The van der Waals surface area contributed by atoms with E-state index in [4.69, 9.17) is 16.3 Å². The first-order valence-electron chi connectivity index (χ1n) is 9.89. The number of para-hydroxylation sites is 1. The summed E-state index contributed by atoms with van der Waals surface area (Å²) in [6, 6.07) is 4.36. The Balaban J connectivity index is 1.61. The lowest BCUT2D eigenvalue weighted by atomic mass is 9.76. The summed E-state index contributed by atoms with van der Waals surface area (Å²) in [7, 11) is 0. The molecule has 0 bridgehead atoms. The molecule has 0 aliphatic carbocycles. The average molecular weight is 420 g/mol. The van der Waals surface area contributed by atoms with Crippen molar-refractivity contribution in [3.8, 4) is 0 Å². The Labute approximate surface area is 172 Å². The molecule has 29 heavy (non-hydrogen) atoms. The van der Waals surface area contributed by atoms with Crippen molar-refractivity contribution < 1.29 is 24.2 Å². The number of hydrogen-bond donors (Lipinski definition) is 3. The Morgan fingerprint density at radius 3 is 2.83 bits per heavy atom. The van der Waals surface area contributed by atoms with Crippen molar-refractivity contribution in [1.82, 2.24) is 10.2 Å². The molecule has 0 aromatic heterocycles. The van der Waals surface area contributed by atoms with Crippen LogP contribution in [0.4, 0.5) is 5.69 Å². The van der Waals surface area contributed by atoms with Crippen molar-refractivity contribution in [2.24, 2.45) is 11.8 Å². The minimum absolute atomic E-state index is 0.178. The fourth-order valence-electron chi connectivity index (χ4n) is 5.37. The molecule has 0 saturated carbocycles. The quantitative estimate of drug-likeness (QED) is 0.620. The first-order chi connectivity index (χ1) is 13.9. The van der Waals surface area contributed by atoms with Gasteiger partial charge in [0.1, 0.15) is 5.54 Å². The molecule has 3 amide bonds. The first kappa shape index (κ1) is 19.0. The van der Waals surface area contributed by atoms with Gasteiger partial charge in [-0.25, -0.2) is 0 Å². The van der Waals surface area contributed by atoms with Crippen LogP contribution < -0.4 is 10.6 Å². The molecule has 3 N–H and O–H groups in total. The van der Waals surface area contributed by atoms with Crippen LogP contribution >= 0.6 is 11.6 Å². The molecule has 1 spiro atoms. The van der Waals surface area contributed by atoms with Gasteiger partial charge in [-0.15, -0.1) is 0 Å². The minimum Gasteiger partial charge on any atom is -0.392 e. The number of rotatable bonds is 3. The van der Waals surface area contributed by atoms with Crippen molar-refractivity contribution in [3.05, 3.63) is 28.8 Å². The molecule has 1 aromatic carbocycles. The lowest BCUT2D eigenvalue weighted by Crippen LogP contribution is -2.55. The van der Waals surface area contributed by atoms with Gasteiger partial charge in [0.25, 0.3) is 0 Å². The van der Waals surface area contributed by atoms with E-state index in [1.54, 1.807) is 25.1 Å². The van der Waals surface area contributed by atoms with E-state index in [2.05, 4.69) is 10.6 Å². The Bertz CT molecular complexity index is 915. The molecule has 0 radical (unpaired) electrons. The van der Waals surface area contributed by atoms with Gasteiger partial charge in [-0.1, -0.05) is 23.7 Å². The summed E-state index contributed by atoms with van der Waals surface area (Å²) >= 11 is 6.27. The minimum atomic E-state index is -1.44. The first-order valence-corrected chi connectivity index (χ1v) is 10.3. The second-order valence-electron chi connectivity index (χ2n) is 8.26. The van der Waals surface area contributed by atoms with Crippen LogP contribution in [0.25, 0.3) is 0 Å². The zero-order valence-electron chi connectivity index (χ0n) is 15.9. The van der Waals surface area contributed by atoms with E-state index in [9.17, 15) is 19.5 Å². The summed E-state index contributed by atoms with van der Waals surface area (Å²) in [5.41, 5.74) is -0.465. The highest BCUT2D eigenvalue weighted by atomic mass is 35.5. The molecule has 3 saturated heterocycles. The number of hydrogen-bond acceptors (Lipinski definition) is 6. The molecular formula is C20H22ClN3O5. The second kappa shape index (κ2) is 6.50. The highest BCUT2D eigenvalue weighted by molar-refractivity contribution is 6.35. The number of carbonyl (C=O) groups is 3. The van der Waals surface area contributed by atoms with Crippen LogP contribution in [0.2, 0.25) is 5.02 Å². The fraction of sp³-hybridized carbons (Fsp3) is 0.550. The Morgan fingerprint density at radius 1 is 1.34 bits per heavy atom. The van der Waals surface area contributed by atoms with Crippen molar-refractivity contribution in [3.63, 3.8) is 0 Å². The lowest BCUT2D eigenvalue weighted by molar-refractivity contribution is -0.144. The topological polar surface area (TPSA) is 108 Å². The van der Waals surface area contributed by atoms with Crippen molar-refractivity contribution in [2.75, 3.05) is 18.5 Å². The number of benzene rings is 1. The maximum Gasteiger partial charge on any atom is 0.250 e. The molecular weight excluding hydrogens is 398 g/mol. The van der Waals surface area contributed by atoms with Gasteiger partial charge in [-0.3, -0.25) is 24.6 Å². The number of aliphatic hydroxyl groups is 1. The van der Waals surface area contributed by atoms with Gasteiger partial charge in [-0.2, -0.15) is 0 Å². The fourth-order valence-corrected chi connectivity index (χ4v) is 5.59. The van der Waals surface area contributed by atoms with Gasteiger partial charge < -0.3 is 15.2 Å². The number of fused-ring (bicyclic) bond motifs is 4. The van der Waals surface area contributed by atoms with Crippen molar-refractivity contribution in [2.45, 2.75) is 43.6 Å². The second-order valence-corrected chi connectivity index (χ2v) is 8.67. The largest absolute Gasteiger partial charge is 0.392 e. The van der Waals surface area contributed by atoms with Crippen LogP contribution in [0.1, 0.15) is 25.3 Å². The van der Waals surface area contributed by atoms with Gasteiger partial charge in [0, 0.05) is 18.2 Å². The van der Waals surface area contributed by atoms with Crippen LogP contribution in [-0.2, 0) is 24.7 Å². The highest BCUT2D eigenvalue weighted by Crippen LogP contribution is 2.54. The van der Waals surface area contributed by atoms with Crippen LogP contribution in [0, 0.1) is 11.8 Å². The van der Waals surface area contributed by atoms with E-state index >= 15 is 0 Å². The number of nitrogens with zero attached hydrogens (tertiary/aromatic N) is 1. The van der Waals surface area contributed by atoms with Crippen LogP contribution in [0.5, 0.6) is 0 Å². The average Bonchev–Trinajstić information content (AvgIpc) is 3.42. The summed E-state index contributed by atoms with van der Waals surface area (Å²) < 4.78 is 5.61. The third kappa shape index (κ3) is 2.46. The monoisotopic (exact) mass is 419 g/mol. The lowest BCUT2D eigenvalue weighted by Gasteiger charge is -2.30. The van der Waals surface area contributed by atoms with Crippen LogP contribution in [0.3, 0.4) is 0 Å². The van der Waals surface area contributed by atoms with Crippen molar-refractivity contribution >= 4 is 35.0 Å². The maximum atomic E-state index is 13.5. The van der Waals surface area contributed by atoms with E-state index in [0.717, 1.165) is 12.8 Å². The molecule has 6 atom stereocenters. The number of halogens is 1. The summed E-state index contributed by atoms with van der Waals surface area (Å²) in [5.74, 6) is -2.99. The summed E-state index contributed by atoms with van der Waals surface area (Å²) in [4.78, 5) is 41.2. The predicted octanol–water partition coefficient (Wildman–Crippen LogP) is 0.620. The molecule has 5 rings (SSSR count). The number of likely N-dealkylation sites (tertiary alicyclic amines) is 1. The van der Waals surface area contributed by atoms with Crippen LogP contribution in [-0.4, -0.2) is 59.1 Å². The number of imide groups is 1. The molecule has 0 unspecified atom stereocenters. The highest BCUT2D eigenvalue weighted by Gasteiger charge is 2.71. The number of anilines is 1. The molecule has 4 aliphatic rings. The third-order valence-corrected chi connectivity index (χ3v) is 6.97. The van der Waals surface area contributed by atoms with Crippen molar-refractivity contribution in [1.29, 1.82) is 0 Å². The predicted molar refractivity (Wildman–Crippen MR) is 103 cm³/mol. The van der Waals surface area contributed by atoms with Gasteiger partial charge >= 0.3 is 0 Å². The number of aliphatic hydroxyl groups excluding tert-OH is 1. The SMILES string of the molecule is C[C@H](O)[C@@H]1N[C@]2(C(=O)Nc3c(Cl)cccc32)[C@@H]2C(=O)N(C[C@H]3CCCO3)C(=O)[C@H]12. The molecule has 8 nitrogen and oxygen atoms in total. The van der Waals surface area contributed by atoms with Crippen LogP contribution in [0.15, 0.2) is 18.2 Å². The van der Waals surface area contributed by atoms with Gasteiger partial charge in [0.15, 0.2) is 0 Å². The number of carbonyl (C=O) groups excluding carboxylic acids is 3. The van der Waals surface area contributed by atoms with E-state index in [1.165, 1.54) is 4.90 Å². The smallest absolute Gasteiger partial charge is 0.250 e. The molecule has 4 aliphatic heterocycles. The maximum absolute atomic E-state index is 13.5. The Morgan fingerprint density at radius 2 is 2.14 bits per heavy atom.